The molecule has 3 aromatic carbocycles. The lowest BCUT2D eigenvalue weighted by molar-refractivity contribution is -0.139. The molecule has 42 heavy (non-hydrogen) atoms. The van der Waals surface area contributed by atoms with Crippen molar-refractivity contribution in [2.45, 2.75) is 37.2 Å². The number of sulfone groups is 1. The van der Waals surface area contributed by atoms with Crippen LogP contribution in [0.15, 0.2) is 85.5 Å². The maximum absolute atomic E-state index is 13.7. The van der Waals surface area contributed by atoms with Crippen LogP contribution < -0.4 is 10.6 Å². The summed E-state index contributed by atoms with van der Waals surface area (Å²) >= 11 is 0. The predicted molar refractivity (Wildman–Crippen MR) is 155 cm³/mol. The van der Waals surface area contributed by atoms with E-state index in [9.17, 15) is 31.9 Å². The number of nitrogens with zero attached hydrogens (tertiary/aromatic N) is 2. The molecule has 1 heterocycles. The van der Waals surface area contributed by atoms with Crippen molar-refractivity contribution in [2.24, 2.45) is 0 Å². The molecule has 2 unspecified atom stereocenters. The van der Waals surface area contributed by atoms with Crippen LogP contribution in [-0.4, -0.2) is 52.5 Å². The van der Waals surface area contributed by atoms with Crippen molar-refractivity contribution >= 4 is 27.4 Å². The van der Waals surface area contributed by atoms with Gasteiger partial charge >= 0.3 is 5.97 Å². The predicted octanol–water partition coefficient (Wildman–Crippen LogP) is 4.69. The summed E-state index contributed by atoms with van der Waals surface area (Å²) in [4.78, 5) is 29.4. The molecule has 220 valence electrons. The summed E-state index contributed by atoms with van der Waals surface area (Å²) in [5, 5.41) is 14.5. The molecule has 0 saturated heterocycles. The summed E-state index contributed by atoms with van der Waals surface area (Å²) in [5.41, 5.74) is 2.37. The first-order valence-electron chi connectivity index (χ1n) is 13.0. The number of carbonyl (C=O) groups is 2. The van der Waals surface area contributed by atoms with Gasteiger partial charge in [-0.3, -0.25) is 4.79 Å². The Bertz CT molecular complexity index is 1640. The van der Waals surface area contributed by atoms with Crippen molar-refractivity contribution < 1.29 is 31.9 Å². The molecular weight excluding hydrogens is 566 g/mol. The van der Waals surface area contributed by atoms with Gasteiger partial charge in [0.15, 0.2) is 0 Å². The molecule has 4 aromatic rings. The minimum Gasteiger partial charge on any atom is -0.480 e. The van der Waals surface area contributed by atoms with Gasteiger partial charge in [-0.05, 0) is 72.5 Å². The molecule has 0 spiro atoms. The van der Waals surface area contributed by atoms with Crippen LogP contribution in [0.3, 0.4) is 0 Å². The van der Waals surface area contributed by atoms with Crippen LogP contribution in [0.4, 0.5) is 14.5 Å². The Kier molecular flexibility index (Phi) is 9.36. The zero-order chi connectivity index (χ0) is 30.4. The van der Waals surface area contributed by atoms with Gasteiger partial charge in [-0.1, -0.05) is 24.3 Å². The zero-order valence-electron chi connectivity index (χ0n) is 22.9. The number of carboxylic acids is 1. The van der Waals surface area contributed by atoms with E-state index in [1.807, 2.05) is 4.57 Å². The number of halogens is 2. The number of amides is 1. The first kappa shape index (κ1) is 30.4. The molecule has 0 aliphatic heterocycles. The molecule has 0 bridgehead atoms. The van der Waals surface area contributed by atoms with Gasteiger partial charge in [-0.15, -0.1) is 0 Å². The molecule has 9 nitrogen and oxygen atoms in total. The van der Waals surface area contributed by atoms with Gasteiger partial charge in [0.1, 0.15) is 27.5 Å². The number of imidazole rings is 1. The fourth-order valence-corrected chi connectivity index (χ4v) is 4.94. The zero-order valence-corrected chi connectivity index (χ0v) is 23.7. The summed E-state index contributed by atoms with van der Waals surface area (Å²) < 4.78 is 53.0. The van der Waals surface area contributed by atoms with Crippen LogP contribution in [0.5, 0.6) is 0 Å². The number of aromatic nitrogens is 2. The number of hydrogen-bond donors (Lipinski definition) is 3. The fourth-order valence-electron chi connectivity index (χ4n) is 4.40. The minimum absolute atomic E-state index is 0.110. The SMILES string of the molecule is CC(C[C@H](NC(=O)c1ccc(NC(Cn2ccnc2)c2ccc(F)cc2)cc1-c1ccc(F)cc1)C(=O)O)S(C)(=O)=O. The highest BCUT2D eigenvalue weighted by Gasteiger charge is 2.28. The molecule has 3 atom stereocenters. The quantitative estimate of drug-likeness (QED) is 0.216. The molecule has 3 N–H and O–H groups in total. The minimum atomic E-state index is -3.53. The second-order valence-corrected chi connectivity index (χ2v) is 12.5. The van der Waals surface area contributed by atoms with Crippen molar-refractivity contribution in [3.05, 3.63) is 108 Å². The Morgan fingerprint density at radius 3 is 2.21 bits per heavy atom. The van der Waals surface area contributed by atoms with Gasteiger partial charge < -0.3 is 20.3 Å². The van der Waals surface area contributed by atoms with Crippen molar-refractivity contribution in [3.8, 4) is 11.1 Å². The highest BCUT2D eigenvalue weighted by atomic mass is 32.2. The van der Waals surface area contributed by atoms with Gasteiger partial charge in [-0.2, -0.15) is 0 Å². The normalized spacial score (nSPS) is 13.6. The summed E-state index contributed by atoms with van der Waals surface area (Å²) in [5.74, 6) is -2.96. The third kappa shape index (κ3) is 7.78. The van der Waals surface area contributed by atoms with Crippen molar-refractivity contribution in [2.75, 3.05) is 11.6 Å². The summed E-state index contributed by atoms with van der Waals surface area (Å²) in [7, 11) is -3.53. The van der Waals surface area contributed by atoms with E-state index >= 15 is 0 Å². The number of hydrogen-bond acceptors (Lipinski definition) is 6. The first-order valence-corrected chi connectivity index (χ1v) is 15.0. The van der Waals surface area contributed by atoms with Gasteiger partial charge in [0.2, 0.25) is 0 Å². The third-order valence-electron chi connectivity index (χ3n) is 6.89. The van der Waals surface area contributed by atoms with E-state index in [2.05, 4.69) is 15.6 Å². The van der Waals surface area contributed by atoms with E-state index in [-0.39, 0.29) is 23.8 Å². The average molecular weight is 597 g/mol. The van der Waals surface area contributed by atoms with Gasteiger partial charge in [-0.25, -0.2) is 27.0 Å². The standard InChI is InChI=1S/C30H30F2N4O5S/c1-19(42(2,40)41)15-27(30(38)39)35-29(37)25-12-11-24(16-26(25)20-3-7-22(31)8-4-20)34-28(17-36-14-13-33-18-36)21-5-9-23(32)10-6-21/h3-14,16,18-19,27-28,34H,15,17H2,1-2H3,(H,35,37)(H,38,39)/t19?,27-,28?/m0/s1. The van der Waals surface area contributed by atoms with Crippen LogP contribution in [0.1, 0.15) is 35.3 Å². The molecule has 1 amide bonds. The molecule has 0 aliphatic carbocycles. The average Bonchev–Trinajstić information content (AvgIpc) is 3.45. The topological polar surface area (TPSA) is 130 Å². The number of nitrogens with one attached hydrogen (secondary N) is 2. The maximum Gasteiger partial charge on any atom is 0.326 e. The second-order valence-electron chi connectivity index (χ2n) is 10.0. The van der Waals surface area contributed by atoms with Crippen molar-refractivity contribution in [1.82, 2.24) is 14.9 Å². The molecule has 0 saturated carbocycles. The van der Waals surface area contributed by atoms with E-state index < -0.39 is 38.8 Å². The molecular formula is C30H30F2N4O5S. The monoisotopic (exact) mass is 596 g/mol. The molecule has 0 fully saturated rings. The van der Waals surface area contributed by atoms with Gasteiger partial charge in [0.25, 0.3) is 5.91 Å². The Morgan fingerprint density at radius 2 is 1.64 bits per heavy atom. The Hall–Kier alpha value is -4.58. The largest absolute Gasteiger partial charge is 0.480 e. The number of anilines is 1. The molecule has 0 aliphatic rings. The third-order valence-corrected chi connectivity index (χ3v) is 8.54. The summed E-state index contributed by atoms with van der Waals surface area (Å²) in [6.45, 7) is 1.82. The van der Waals surface area contributed by atoms with Crippen molar-refractivity contribution in [1.29, 1.82) is 0 Å². The van der Waals surface area contributed by atoms with Crippen LogP contribution in [-0.2, 0) is 21.2 Å². The van der Waals surface area contributed by atoms with Crippen LogP contribution >= 0.6 is 0 Å². The lowest BCUT2D eigenvalue weighted by Crippen LogP contribution is -2.43. The number of carboxylic acid groups (broad SMARTS) is 1. The van der Waals surface area contributed by atoms with Crippen LogP contribution in [0, 0.1) is 11.6 Å². The Morgan fingerprint density at radius 1 is 1.00 bits per heavy atom. The summed E-state index contributed by atoms with van der Waals surface area (Å²) in [6, 6.07) is 14.6. The lowest BCUT2D eigenvalue weighted by atomic mass is 9.97. The first-order chi connectivity index (χ1) is 19.9. The molecule has 1 aromatic heterocycles. The van der Waals surface area contributed by atoms with Crippen LogP contribution in [0.25, 0.3) is 11.1 Å². The Labute approximate surface area is 242 Å². The molecule has 0 radical (unpaired) electrons. The van der Waals surface area contributed by atoms with Gasteiger partial charge in [0.05, 0.1) is 17.6 Å². The summed E-state index contributed by atoms with van der Waals surface area (Å²) in [6.07, 6.45) is 5.77. The fraction of sp³-hybridized carbons (Fsp3) is 0.233. The van der Waals surface area contributed by atoms with E-state index in [1.54, 1.807) is 43.0 Å². The highest BCUT2D eigenvalue weighted by Crippen LogP contribution is 2.30. The number of benzene rings is 3. The van der Waals surface area contributed by atoms with Crippen molar-refractivity contribution in [3.63, 3.8) is 0 Å². The number of rotatable bonds is 12. The molecule has 4 rings (SSSR count). The van der Waals surface area contributed by atoms with E-state index in [1.165, 1.54) is 49.4 Å². The highest BCUT2D eigenvalue weighted by molar-refractivity contribution is 7.91. The number of carbonyl (C=O) groups excluding carboxylic acids is 1. The van der Waals surface area contributed by atoms with E-state index in [0.717, 1.165) is 11.8 Å². The second kappa shape index (κ2) is 12.9. The van der Waals surface area contributed by atoms with Crippen LogP contribution in [0.2, 0.25) is 0 Å². The van der Waals surface area contributed by atoms with E-state index in [4.69, 9.17) is 0 Å². The Balaban J connectivity index is 1.69. The maximum atomic E-state index is 13.7. The smallest absolute Gasteiger partial charge is 0.326 e. The number of aliphatic carboxylic acids is 1. The van der Waals surface area contributed by atoms with Gasteiger partial charge in [0, 0.05) is 36.4 Å². The van der Waals surface area contributed by atoms with E-state index in [0.29, 0.717) is 23.4 Å². The lowest BCUT2D eigenvalue weighted by Gasteiger charge is -2.23. The molecule has 12 heteroatoms.